The molecular formula is C22H28BrN3O3. The summed E-state index contributed by atoms with van der Waals surface area (Å²) in [6.07, 6.45) is 1.41. The van der Waals surface area contributed by atoms with Gasteiger partial charge in [0.2, 0.25) is 0 Å². The molecule has 29 heavy (non-hydrogen) atoms. The fourth-order valence-corrected chi connectivity index (χ4v) is 3.28. The summed E-state index contributed by atoms with van der Waals surface area (Å²) in [5.74, 6) is 0.729. The molecule has 0 spiro atoms. The van der Waals surface area contributed by atoms with Gasteiger partial charge in [-0.3, -0.25) is 4.79 Å². The van der Waals surface area contributed by atoms with Crippen molar-refractivity contribution in [2.24, 2.45) is 5.10 Å². The van der Waals surface area contributed by atoms with Crippen molar-refractivity contribution in [3.8, 4) is 11.5 Å². The van der Waals surface area contributed by atoms with Crippen LogP contribution in [0.2, 0.25) is 0 Å². The van der Waals surface area contributed by atoms with Crippen LogP contribution in [0.25, 0.3) is 0 Å². The van der Waals surface area contributed by atoms with Crippen LogP contribution in [0, 0.1) is 0 Å². The highest BCUT2D eigenvalue weighted by molar-refractivity contribution is 9.10. The van der Waals surface area contributed by atoms with Crippen LogP contribution < -0.4 is 15.1 Å². The van der Waals surface area contributed by atoms with E-state index < -0.39 is 0 Å². The van der Waals surface area contributed by atoms with Crippen LogP contribution in [0.1, 0.15) is 44.7 Å². The van der Waals surface area contributed by atoms with Crippen molar-refractivity contribution in [2.45, 2.75) is 33.6 Å². The molecule has 0 heterocycles. The van der Waals surface area contributed by atoms with Gasteiger partial charge in [0.15, 0.2) is 6.61 Å². The molecule has 0 aromatic heterocycles. The second-order valence-corrected chi connectivity index (χ2v) is 7.70. The van der Waals surface area contributed by atoms with Gasteiger partial charge >= 0.3 is 0 Å². The summed E-state index contributed by atoms with van der Waals surface area (Å²) in [5, 5.41) is 14.1. The molecule has 0 bridgehead atoms. The fraction of sp³-hybridized carbons (Fsp3) is 0.364. The Balaban J connectivity index is 1.90. The molecule has 0 unspecified atom stereocenters. The number of hydrazone groups is 1. The van der Waals surface area contributed by atoms with Crippen LogP contribution in [0.15, 0.2) is 46.0 Å². The second-order valence-electron chi connectivity index (χ2n) is 6.84. The van der Waals surface area contributed by atoms with Gasteiger partial charge in [-0.2, -0.15) is 5.10 Å². The number of halogens is 1. The second kappa shape index (κ2) is 10.9. The van der Waals surface area contributed by atoms with E-state index in [-0.39, 0.29) is 18.3 Å². The third-order valence-corrected chi connectivity index (χ3v) is 5.14. The summed E-state index contributed by atoms with van der Waals surface area (Å²) >= 11 is 3.47. The Bertz CT molecular complexity index is 864. The summed E-state index contributed by atoms with van der Waals surface area (Å²) in [7, 11) is 0. The zero-order valence-corrected chi connectivity index (χ0v) is 18.9. The predicted octanol–water partition coefficient (Wildman–Crippen LogP) is 4.65. The number of carbonyl (C=O) groups excluding carboxylic acids is 1. The van der Waals surface area contributed by atoms with Gasteiger partial charge < -0.3 is 14.7 Å². The maximum absolute atomic E-state index is 12.0. The standard InChI is InChI=1S/C22H28BrN3O3/c1-5-26(6-2)18-9-7-17(20(27)12-18)13-24-25-22(28)14-29-21-10-8-16(15(3)4)11-19(21)23/h7-13,15,27H,5-6,14H2,1-4H3,(H,25,28)/b24-13+. The number of phenolic OH excluding ortho intramolecular Hbond substituents is 1. The van der Waals surface area contributed by atoms with Crippen LogP contribution in [-0.2, 0) is 4.79 Å². The number of aromatic hydroxyl groups is 1. The first-order valence-electron chi connectivity index (χ1n) is 9.67. The number of carbonyl (C=O) groups is 1. The van der Waals surface area contributed by atoms with E-state index in [0.717, 1.165) is 23.2 Å². The number of nitrogens with one attached hydrogen (secondary N) is 1. The highest BCUT2D eigenvalue weighted by Crippen LogP contribution is 2.29. The monoisotopic (exact) mass is 461 g/mol. The predicted molar refractivity (Wildman–Crippen MR) is 121 cm³/mol. The Hall–Kier alpha value is -2.54. The minimum atomic E-state index is -0.389. The zero-order chi connectivity index (χ0) is 21.4. The van der Waals surface area contributed by atoms with Gasteiger partial charge in [0.25, 0.3) is 5.91 Å². The quantitative estimate of drug-likeness (QED) is 0.420. The maximum Gasteiger partial charge on any atom is 0.277 e. The average Bonchev–Trinajstić information content (AvgIpc) is 2.69. The van der Waals surface area contributed by atoms with Gasteiger partial charge in [-0.15, -0.1) is 0 Å². The van der Waals surface area contributed by atoms with E-state index >= 15 is 0 Å². The fourth-order valence-electron chi connectivity index (χ4n) is 2.77. The average molecular weight is 462 g/mol. The molecule has 0 aliphatic carbocycles. The normalized spacial score (nSPS) is 11.1. The molecular weight excluding hydrogens is 434 g/mol. The van der Waals surface area contributed by atoms with Crippen LogP contribution in [0.3, 0.4) is 0 Å². The molecule has 0 aliphatic rings. The summed E-state index contributed by atoms with van der Waals surface area (Å²) in [5.41, 5.74) is 5.05. The number of nitrogens with zero attached hydrogens (tertiary/aromatic N) is 2. The molecule has 7 heteroatoms. The van der Waals surface area contributed by atoms with Crippen LogP contribution >= 0.6 is 15.9 Å². The molecule has 2 aromatic carbocycles. The minimum Gasteiger partial charge on any atom is -0.507 e. The maximum atomic E-state index is 12.0. The van der Waals surface area contributed by atoms with Crippen LogP contribution in [0.4, 0.5) is 5.69 Å². The Morgan fingerprint density at radius 3 is 2.55 bits per heavy atom. The lowest BCUT2D eigenvalue weighted by Gasteiger charge is -2.21. The largest absolute Gasteiger partial charge is 0.507 e. The number of benzene rings is 2. The van der Waals surface area contributed by atoms with Crippen molar-refractivity contribution >= 4 is 33.7 Å². The Morgan fingerprint density at radius 2 is 1.97 bits per heavy atom. The van der Waals surface area contributed by atoms with Crippen molar-refractivity contribution in [2.75, 3.05) is 24.6 Å². The Kier molecular flexibility index (Phi) is 8.51. The summed E-state index contributed by atoms with van der Waals surface area (Å²) in [6.45, 7) is 9.90. The number of ether oxygens (including phenoxy) is 1. The van der Waals surface area contributed by atoms with Gasteiger partial charge in [-0.1, -0.05) is 19.9 Å². The molecule has 2 N–H and O–H groups in total. The van der Waals surface area contributed by atoms with Crippen molar-refractivity contribution in [1.29, 1.82) is 0 Å². The van der Waals surface area contributed by atoms with Crippen molar-refractivity contribution in [3.05, 3.63) is 52.0 Å². The van der Waals surface area contributed by atoms with E-state index in [2.05, 4.69) is 59.1 Å². The van der Waals surface area contributed by atoms with Gasteiger partial charge in [-0.25, -0.2) is 5.43 Å². The highest BCUT2D eigenvalue weighted by Gasteiger charge is 2.08. The lowest BCUT2D eigenvalue weighted by atomic mass is 10.0. The van der Waals surface area contributed by atoms with E-state index in [1.54, 1.807) is 12.1 Å². The molecule has 0 atom stereocenters. The Labute approximate surface area is 180 Å². The van der Waals surface area contributed by atoms with Crippen LogP contribution in [-0.4, -0.2) is 36.9 Å². The molecule has 0 radical (unpaired) electrons. The first kappa shape index (κ1) is 22.7. The Morgan fingerprint density at radius 1 is 1.24 bits per heavy atom. The number of amides is 1. The van der Waals surface area contributed by atoms with E-state index in [9.17, 15) is 9.90 Å². The lowest BCUT2D eigenvalue weighted by molar-refractivity contribution is -0.123. The van der Waals surface area contributed by atoms with Gasteiger partial charge in [0, 0.05) is 30.4 Å². The lowest BCUT2D eigenvalue weighted by Crippen LogP contribution is -2.24. The van der Waals surface area contributed by atoms with E-state index in [1.165, 1.54) is 11.8 Å². The molecule has 0 fully saturated rings. The zero-order valence-electron chi connectivity index (χ0n) is 17.3. The summed E-state index contributed by atoms with van der Waals surface area (Å²) in [6, 6.07) is 11.2. The molecule has 1 amide bonds. The molecule has 6 nitrogen and oxygen atoms in total. The number of hydrogen-bond donors (Lipinski definition) is 2. The van der Waals surface area contributed by atoms with Crippen molar-refractivity contribution < 1.29 is 14.6 Å². The van der Waals surface area contributed by atoms with Gasteiger partial charge in [0.1, 0.15) is 11.5 Å². The first-order chi connectivity index (χ1) is 13.8. The molecule has 0 saturated carbocycles. The third kappa shape index (κ3) is 6.49. The molecule has 2 aromatic rings. The van der Waals surface area contributed by atoms with Crippen molar-refractivity contribution in [3.63, 3.8) is 0 Å². The van der Waals surface area contributed by atoms with Gasteiger partial charge in [-0.05, 0) is 65.5 Å². The number of phenols is 1. The molecule has 0 saturated heterocycles. The molecule has 156 valence electrons. The van der Waals surface area contributed by atoms with Crippen LogP contribution in [0.5, 0.6) is 11.5 Å². The number of hydrogen-bond acceptors (Lipinski definition) is 5. The van der Waals surface area contributed by atoms with Crippen molar-refractivity contribution in [1.82, 2.24) is 5.43 Å². The first-order valence-corrected chi connectivity index (χ1v) is 10.5. The SMILES string of the molecule is CCN(CC)c1ccc(/C=N/NC(=O)COc2ccc(C(C)C)cc2Br)c(O)c1. The molecule has 2 rings (SSSR count). The van der Waals surface area contributed by atoms with Gasteiger partial charge in [0.05, 0.1) is 10.7 Å². The smallest absolute Gasteiger partial charge is 0.277 e. The number of rotatable bonds is 9. The number of anilines is 1. The third-order valence-electron chi connectivity index (χ3n) is 4.52. The summed E-state index contributed by atoms with van der Waals surface area (Å²) < 4.78 is 6.34. The van der Waals surface area contributed by atoms with E-state index in [0.29, 0.717) is 17.2 Å². The summed E-state index contributed by atoms with van der Waals surface area (Å²) in [4.78, 5) is 14.1. The topological polar surface area (TPSA) is 74.2 Å². The highest BCUT2D eigenvalue weighted by atomic mass is 79.9. The van der Waals surface area contributed by atoms with E-state index in [4.69, 9.17) is 4.74 Å². The minimum absolute atomic E-state index is 0.109. The van der Waals surface area contributed by atoms with E-state index in [1.807, 2.05) is 24.3 Å². The molecule has 0 aliphatic heterocycles.